The average molecular weight is 384 g/mol. The predicted molar refractivity (Wildman–Crippen MR) is 97.3 cm³/mol. The Morgan fingerprint density at radius 3 is 2.79 bits per heavy atom. The Labute approximate surface area is 154 Å². The molecule has 1 N–H and O–H groups in total. The molecule has 2 rings (SSSR count). The predicted octanol–water partition coefficient (Wildman–Crippen LogP) is 4.49. The number of benzene rings is 1. The van der Waals surface area contributed by atoms with Crippen LogP contribution in [0.3, 0.4) is 0 Å². The summed E-state index contributed by atoms with van der Waals surface area (Å²) in [6, 6.07) is 8.47. The first-order valence-electron chi connectivity index (χ1n) is 7.08. The molecule has 126 valence electrons. The minimum atomic E-state index is -0.573. The van der Waals surface area contributed by atoms with E-state index >= 15 is 0 Å². The first-order valence-corrected chi connectivity index (χ1v) is 8.72. The van der Waals surface area contributed by atoms with Gasteiger partial charge in [0.15, 0.2) is 6.61 Å². The summed E-state index contributed by atoms with van der Waals surface area (Å²) in [4.78, 5) is 24.4. The molecule has 2 aromatic rings. The van der Waals surface area contributed by atoms with Crippen LogP contribution >= 0.6 is 34.5 Å². The lowest BCUT2D eigenvalue weighted by molar-refractivity contribution is -0.144. The third kappa shape index (κ3) is 5.67. The summed E-state index contributed by atoms with van der Waals surface area (Å²) in [6.07, 6.45) is 2.93. The number of hydrogen-bond acceptors (Lipinski definition) is 4. The molecule has 0 spiro atoms. The van der Waals surface area contributed by atoms with Crippen LogP contribution in [0.15, 0.2) is 41.8 Å². The highest BCUT2D eigenvalue weighted by molar-refractivity contribution is 7.10. The fraction of sp³-hybridized carbons (Fsp3) is 0.176. The lowest BCUT2D eigenvalue weighted by atomic mass is 10.1. The normalized spacial score (nSPS) is 12.1. The van der Waals surface area contributed by atoms with Crippen LogP contribution in [0, 0.1) is 0 Å². The zero-order chi connectivity index (χ0) is 17.5. The summed E-state index contributed by atoms with van der Waals surface area (Å²) < 4.78 is 4.90. The van der Waals surface area contributed by atoms with E-state index in [1.54, 1.807) is 31.2 Å². The fourth-order valence-corrected chi connectivity index (χ4v) is 3.12. The number of amides is 1. The maximum Gasteiger partial charge on any atom is 0.331 e. The molecule has 1 heterocycles. The van der Waals surface area contributed by atoms with Crippen LogP contribution in [0.2, 0.25) is 10.0 Å². The number of hydrogen-bond donors (Lipinski definition) is 1. The molecule has 0 aliphatic heterocycles. The Balaban J connectivity index is 1.81. The maximum absolute atomic E-state index is 11.9. The first-order chi connectivity index (χ1) is 11.5. The van der Waals surface area contributed by atoms with E-state index in [0.717, 1.165) is 10.4 Å². The molecular formula is C17H15Cl2NO3S. The van der Waals surface area contributed by atoms with E-state index in [0.29, 0.717) is 10.0 Å². The van der Waals surface area contributed by atoms with Gasteiger partial charge in [-0.05, 0) is 42.1 Å². The summed E-state index contributed by atoms with van der Waals surface area (Å²) in [5, 5.41) is 5.61. The summed E-state index contributed by atoms with van der Waals surface area (Å²) in [5.74, 6) is -0.984. The summed E-state index contributed by atoms with van der Waals surface area (Å²) in [7, 11) is 0. The molecule has 0 saturated heterocycles. The molecule has 1 atom stereocenters. The van der Waals surface area contributed by atoms with E-state index in [2.05, 4.69) is 5.32 Å². The lowest BCUT2D eigenvalue weighted by Crippen LogP contribution is -2.31. The minimum Gasteiger partial charge on any atom is -0.452 e. The Kier molecular flexibility index (Phi) is 6.85. The van der Waals surface area contributed by atoms with E-state index in [1.807, 2.05) is 17.5 Å². The number of nitrogens with one attached hydrogen (secondary N) is 1. The van der Waals surface area contributed by atoms with Crippen molar-refractivity contribution in [1.29, 1.82) is 0 Å². The zero-order valence-electron chi connectivity index (χ0n) is 12.8. The Morgan fingerprint density at radius 2 is 2.12 bits per heavy atom. The van der Waals surface area contributed by atoms with Gasteiger partial charge in [-0.3, -0.25) is 4.79 Å². The first kappa shape index (κ1) is 18.5. The number of carbonyl (C=O) groups excluding carboxylic acids is 2. The summed E-state index contributed by atoms with van der Waals surface area (Å²) >= 11 is 13.4. The number of halogens is 2. The Bertz CT molecular complexity index is 744. The van der Waals surface area contributed by atoms with Gasteiger partial charge >= 0.3 is 5.97 Å². The van der Waals surface area contributed by atoms with Gasteiger partial charge < -0.3 is 10.1 Å². The number of rotatable bonds is 6. The monoisotopic (exact) mass is 383 g/mol. The van der Waals surface area contributed by atoms with Crippen LogP contribution in [0.1, 0.15) is 23.4 Å². The quantitative estimate of drug-likeness (QED) is 0.590. The molecule has 0 saturated carbocycles. The van der Waals surface area contributed by atoms with Crippen molar-refractivity contribution in [3.05, 3.63) is 62.3 Å². The molecule has 0 fully saturated rings. The molecule has 1 unspecified atom stereocenters. The number of esters is 1. The van der Waals surface area contributed by atoms with E-state index in [1.165, 1.54) is 17.4 Å². The molecule has 0 radical (unpaired) electrons. The molecular weight excluding hydrogens is 369 g/mol. The van der Waals surface area contributed by atoms with Crippen LogP contribution in [0.25, 0.3) is 6.08 Å². The molecule has 7 heteroatoms. The van der Waals surface area contributed by atoms with Crippen LogP contribution in [-0.2, 0) is 14.3 Å². The van der Waals surface area contributed by atoms with Gasteiger partial charge in [0.2, 0.25) is 0 Å². The fourth-order valence-electron chi connectivity index (χ4n) is 1.93. The van der Waals surface area contributed by atoms with Crippen molar-refractivity contribution < 1.29 is 14.3 Å². The molecule has 0 bridgehead atoms. The summed E-state index contributed by atoms with van der Waals surface area (Å²) in [6.45, 7) is 1.43. The van der Waals surface area contributed by atoms with E-state index in [9.17, 15) is 9.59 Å². The second kappa shape index (κ2) is 8.87. The maximum atomic E-state index is 11.9. The van der Waals surface area contributed by atoms with Gasteiger partial charge in [-0.1, -0.05) is 35.3 Å². The highest BCUT2D eigenvalue weighted by Crippen LogP contribution is 2.25. The molecule has 24 heavy (non-hydrogen) atoms. The standard InChI is InChI=1S/C17H15Cl2NO3S/c1-11(14-6-4-12(18)9-15(14)19)20-16(21)10-23-17(22)7-5-13-3-2-8-24-13/h2-9,11H,10H2,1H3,(H,20,21). The van der Waals surface area contributed by atoms with E-state index in [-0.39, 0.29) is 12.6 Å². The minimum absolute atomic E-state index is 0.331. The molecule has 1 aromatic heterocycles. The van der Waals surface area contributed by atoms with E-state index < -0.39 is 11.9 Å². The molecule has 1 aromatic carbocycles. The van der Waals surface area contributed by atoms with Gasteiger partial charge in [0, 0.05) is 21.0 Å². The Hall–Kier alpha value is -1.82. The second-order valence-electron chi connectivity index (χ2n) is 4.91. The van der Waals surface area contributed by atoms with Crippen molar-refractivity contribution in [3.63, 3.8) is 0 Å². The third-order valence-electron chi connectivity index (χ3n) is 3.08. The number of carbonyl (C=O) groups is 2. The van der Waals surface area contributed by atoms with Crippen molar-refractivity contribution in [2.45, 2.75) is 13.0 Å². The van der Waals surface area contributed by atoms with Crippen LogP contribution in [0.5, 0.6) is 0 Å². The third-order valence-corrected chi connectivity index (χ3v) is 4.48. The number of thiophene rings is 1. The van der Waals surface area contributed by atoms with Gasteiger partial charge in [-0.25, -0.2) is 4.79 Å². The zero-order valence-corrected chi connectivity index (χ0v) is 15.1. The van der Waals surface area contributed by atoms with Crippen molar-refractivity contribution in [1.82, 2.24) is 5.32 Å². The topological polar surface area (TPSA) is 55.4 Å². The van der Waals surface area contributed by atoms with Crippen LogP contribution in [-0.4, -0.2) is 18.5 Å². The lowest BCUT2D eigenvalue weighted by Gasteiger charge is -2.15. The van der Waals surface area contributed by atoms with Crippen molar-refractivity contribution in [2.24, 2.45) is 0 Å². The van der Waals surface area contributed by atoms with Crippen molar-refractivity contribution in [2.75, 3.05) is 6.61 Å². The van der Waals surface area contributed by atoms with Crippen molar-refractivity contribution >= 4 is 52.5 Å². The number of ether oxygens (including phenoxy) is 1. The summed E-state index contributed by atoms with van der Waals surface area (Å²) in [5.41, 5.74) is 0.735. The molecule has 4 nitrogen and oxygen atoms in total. The van der Waals surface area contributed by atoms with Gasteiger partial charge in [-0.15, -0.1) is 11.3 Å². The highest BCUT2D eigenvalue weighted by atomic mass is 35.5. The second-order valence-corrected chi connectivity index (χ2v) is 6.73. The molecule has 0 aliphatic carbocycles. The van der Waals surface area contributed by atoms with Gasteiger partial charge in [0.25, 0.3) is 5.91 Å². The van der Waals surface area contributed by atoms with Gasteiger partial charge in [0.05, 0.1) is 6.04 Å². The molecule has 0 aliphatic rings. The van der Waals surface area contributed by atoms with Gasteiger partial charge in [-0.2, -0.15) is 0 Å². The molecule has 1 amide bonds. The van der Waals surface area contributed by atoms with Crippen LogP contribution in [0.4, 0.5) is 0 Å². The van der Waals surface area contributed by atoms with Crippen molar-refractivity contribution in [3.8, 4) is 0 Å². The highest BCUT2D eigenvalue weighted by Gasteiger charge is 2.14. The van der Waals surface area contributed by atoms with Crippen LogP contribution < -0.4 is 5.32 Å². The largest absolute Gasteiger partial charge is 0.452 e. The smallest absolute Gasteiger partial charge is 0.331 e. The Morgan fingerprint density at radius 1 is 1.33 bits per heavy atom. The van der Waals surface area contributed by atoms with Gasteiger partial charge in [0.1, 0.15) is 0 Å². The van der Waals surface area contributed by atoms with E-state index in [4.69, 9.17) is 27.9 Å². The average Bonchev–Trinajstić information content (AvgIpc) is 3.04. The SMILES string of the molecule is CC(NC(=O)COC(=O)C=Cc1cccs1)c1ccc(Cl)cc1Cl.